The van der Waals surface area contributed by atoms with Gasteiger partial charge in [0.05, 0.1) is 11.2 Å². The minimum absolute atomic E-state index is 0.153. The second-order valence-corrected chi connectivity index (χ2v) is 4.93. The zero-order chi connectivity index (χ0) is 15.0. The van der Waals surface area contributed by atoms with Gasteiger partial charge in [-0.1, -0.05) is 24.3 Å². The Balaban J connectivity index is 1.98. The number of para-hydroxylation sites is 1. The molecular formula is C16H14FN3O. The molecule has 1 N–H and O–H groups in total. The monoisotopic (exact) mass is 283 g/mol. The molecule has 0 aliphatic carbocycles. The Morgan fingerprint density at radius 2 is 2.00 bits per heavy atom. The van der Waals surface area contributed by atoms with Crippen molar-refractivity contribution in [2.24, 2.45) is 7.05 Å². The highest BCUT2D eigenvalue weighted by molar-refractivity contribution is 6.11. The average molecular weight is 283 g/mol. The summed E-state index contributed by atoms with van der Waals surface area (Å²) in [6.45, 7) is 1.79. The molecule has 5 heteroatoms. The van der Waals surface area contributed by atoms with Gasteiger partial charge in [0, 0.05) is 12.4 Å². The number of rotatable bonds is 2. The molecular weight excluding hydrogens is 269 g/mol. The van der Waals surface area contributed by atoms with E-state index in [1.807, 2.05) is 24.3 Å². The summed E-state index contributed by atoms with van der Waals surface area (Å²) in [6, 6.07) is 12.1. The second-order valence-electron chi connectivity index (χ2n) is 4.93. The molecule has 0 spiro atoms. The first kappa shape index (κ1) is 13.3. The van der Waals surface area contributed by atoms with Crippen molar-refractivity contribution in [2.45, 2.75) is 6.92 Å². The van der Waals surface area contributed by atoms with E-state index in [2.05, 4.69) is 10.4 Å². The molecule has 1 heterocycles. The molecule has 0 saturated heterocycles. The van der Waals surface area contributed by atoms with Crippen molar-refractivity contribution in [3.05, 3.63) is 59.5 Å². The number of nitrogens with zero attached hydrogens (tertiary/aromatic N) is 2. The number of fused-ring (bicyclic) bond motifs is 1. The van der Waals surface area contributed by atoms with Crippen molar-refractivity contribution < 1.29 is 9.18 Å². The number of nitrogens with one attached hydrogen (secondary N) is 1. The topological polar surface area (TPSA) is 46.9 Å². The first-order valence-electron chi connectivity index (χ1n) is 6.55. The van der Waals surface area contributed by atoms with Gasteiger partial charge in [-0.3, -0.25) is 9.48 Å². The van der Waals surface area contributed by atoms with Gasteiger partial charge in [-0.05, 0) is 30.7 Å². The summed E-state index contributed by atoms with van der Waals surface area (Å²) in [5.74, 6) is -0.877. The Bertz CT molecular complexity index is 839. The fraction of sp³-hybridized carbons (Fsp3) is 0.125. The molecule has 21 heavy (non-hydrogen) atoms. The molecule has 1 aromatic heterocycles. The van der Waals surface area contributed by atoms with Crippen LogP contribution in [0, 0.1) is 12.7 Å². The Kier molecular flexibility index (Phi) is 3.17. The maximum absolute atomic E-state index is 13.8. The molecule has 0 bridgehead atoms. The molecule has 0 fully saturated rings. The van der Waals surface area contributed by atoms with Gasteiger partial charge in [0.1, 0.15) is 5.82 Å². The number of halogens is 1. The number of anilines is 1. The highest BCUT2D eigenvalue weighted by Crippen LogP contribution is 2.20. The summed E-state index contributed by atoms with van der Waals surface area (Å²) in [7, 11) is 1.77. The lowest BCUT2D eigenvalue weighted by Gasteiger charge is -2.05. The van der Waals surface area contributed by atoms with Crippen LogP contribution in [-0.2, 0) is 7.05 Å². The summed E-state index contributed by atoms with van der Waals surface area (Å²) >= 11 is 0. The first-order valence-corrected chi connectivity index (χ1v) is 6.55. The normalized spacial score (nSPS) is 10.8. The molecule has 0 saturated carbocycles. The number of carbonyl (C=O) groups is 1. The van der Waals surface area contributed by atoms with Gasteiger partial charge in [-0.2, -0.15) is 5.10 Å². The maximum atomic E-state index is 13.8. The van der Waals surface area contributed by atoms with Gasteiger partial charge < -0.3 is 5.32 Å². The van der Waals surface area contributed by atoms with Crippen LogP contribution in [0.25, 0.3) is 10.9 Å². The van der Waals surface area contributed by atoms with E-state index in [1.165, 1.54) is 6.07 Å². The second kappa shape index (κ2) is 5.01. The standard InChI is InChI=1S/C16H14FN3O/c1-10-7-8-13(12(17)9-10)18-16(21)15-11-5-3-4-6-14(11)20(2)19-15/h3-9H,1-2H3,(H,18,21). The fourth-order valence-electron chi connectivity index (χ4n) is 2.28. The van der Waals surface area contributed by atoms with Crippen molar-refractivity contribution in [2.75, 3.05) is 5.32 Å². The summed E-state index contributed by atoms with van der Waals surface area (Å²) in [6.07, 6.45) is 0. The van der Waals surface area contributed by atoms with Crippen LogP contribution in [0.15, 0.2) is 42.5 Å². The number of amides is 1. The molecule has 0 aliphatic heterocycles. The third-order valence-electron chi connectivity index (χ3n) is 3.35. The van der Waals surface area contributed by atoms with E-state index in [0.29, 0.717) is 0 Å². The molecule has 0 unspecified atom stereocenters. The van der Waals surface area contributed by atoms with Crippen LogP contribution in [0.2, 0.25) is 0 Å². The summed E-state index contributed by atoms with van der Waals surface area (Å²) < 4.78 is 15.4. The lowest BCUT2D eigenvalue weighted by atomic mass is 10.2. The van der Waals surface area contributed by atoms with Gasteiger partial charge in [0.2, 0.25) is 0 Å². The predicted molar refractivity (Wildman–Crippen MR) is 79.8 cm³/mol. The van der Waals surface area contributed by atoms with Crippen molar-refractivity contribution in [3.8, 4) is 0 Å². The largest absolute Gasteiger partial charge is 0.318 e. The molecule has 0 aliphatic rings. The molecule has 4 nitrogen and oxygen atoms in total. The van der Waals surface area contributed by atoms with E-state index in [0.717, 1.165) is 16.5 Å². The molecule has 3 rings (SSSR count). The van der Waals surface area contributed by atoms with Gasteiger partial charge in [0.15, 0.2) is 5.69 Å². The lowest BCUT2D eigenvalue weighted by molar-refractivity contribution is 0.102. The SMILES string of the molecule is Cc1ccc(NC(=O)c2nn(C)c3ccccc23)c(F)c1. The van der Waals surface area contributed by atoms with Crippen molar-refractivity contribution in [1.29, 1.82) is 0 Å². The minimum Gasteiger partial charge on any atom is -0.318 e. The van der Waals surface area contributed by atoms with Crippen LogP contribution >= 0.6 is 0 Å². The number of hydrogen-bond donors (Lipinski definition) is 1. The van der Waals surface area contributed by atoms with Gasteiger partial charge in [0.25, 0.3) is 5.91 Å². The smallest absolute Gasteiger partial charge is 0.276 e. The van der Waals surface area contributed by atoms with E-state index < -0.39 is 11.7 Å². The number of aromatic nitrogens is 2. The highest BCUT2D eigenvalue weighted by atomic mass is 19.1. The first-order chi connectivity index (χ1) is 10.1. The van der Waals surface area contributed by atoms with Crippen LogP contribution in [0.1, 0.15) is 16.1 Å². The number of hydrogen-bond acceptors (Lipinski definition) is 2. The van der Waals surface area contributed by atoms with Gasteiger partial charge in [-0.25, -0.2) is 4.39 Å². The summed E-state index contributed by atoms with van der Waals surface area (Å²) in [4.78, 5) is 12.3. The van der Waals surface area contributed by atoms with Gasteiger partial charge >= 0.3 is 0 Å². The zero-order valence-corrected chi connectivity index (χ0v) is 11.7. The van der Waals surface area contributed by atoms with E-state index in [-0.39, 0.29) is 11.4 Å². The quantitative estimate of drug-likeness (QED) is 0.784. The molecule has 3 aromatic rings. The third kappa shape index (κ3) is 2.38. The molecule has 2 aromatic carbocycles. The van der Waals surface area contributed by atoms with E-state index >= 15 is 0 Å². The lowest BCUT2D eigenvalue weighted by Crippen LogP contribution is -2.14. The van der Waals surface area contributed by atoms with Crippen LogP contribution < -0.4 is 5.32 Å². The molecule has 106 valence electrons. The Morgan fingerprint density at radius 3 is 2.76 bits per heavy atom. The van der Waals surface area contributed by atoms with E-state index in [1.54, 1.807) is 30.8 Å². The fourth-order valence-corrected chi connectivity index (χ4v) is 2.28. The maximum Gasteiger partial charge on any atom is 0.276 e. The summed E-state index contributed by atoms with van der Waals surface area (Å²) in [5.41, 5.74) is 2.09. The minimum atomic E-state index is -0.455. The van der Waals surface area contributed by atoms with E-state index in [4.69, 9.17) is 0 Å². The number of carbonyl (C=O) groups excluding carboxylic acids is 1. The van der Waals surface area contributed by atoms with Gasteiger partial charge in [-0.15, -0.1) is 0 Å². The third-order valence-corrected chi connectivity index (χ3v) is 3.35. The van der Waals surface area contributed by atoms with Crippen molar-refractivity contribution in [1.82, 2.24) is 9.78 Å². The molecule has 0 radical (unpaired) electrons. The van der Waals surface area contributed by atoms with Crippen LogP contribution in [0.4, 0.5) is 10.1 Å². The molecule has 1 amide bonds. The van der Waals surface area contributed by atoms with Crippen molar-refractivity contribution in [3.63, 3.8) is 0 Å². The highest BCUT2D eigenvalue weighted by Gasteiger charge is 2.17. The average Bonchev–Trinajstić information content (AvgIpc) is 2.80. The van der Waals surface area contributed by atoms with Crippen LogP contribution in [0.5, 0.6) is 0 Å². The Morgan fingerprint density at radius 1 is 1.24 bits per heavy atom. The number of benzene rings is 2. The zero-order valence-electron chi connectivity index (χ0n) is 11.7. The van der Waals surface area contributed by atoms with Crippen LogP contribution in [-0.4, -0.2) is 15.7 Å². The predicted octanol–water partition coefficient (Wildman–Crippen LogP) is 3.27. The van der Waals surface area contributed by atoms with Crippen LogP contribution in [0.3, 0.4) is 0 Å². The molecule has 0 atom stereocenters. The Hall–Kier alpha value is -2.69. The van der Waals surface area contributed by atoms with Crippen molar-refractivity contribution >= 4 is 22.5 Å². The number of aryl methyl sites for hydroxylation is 2. The summed E-state index contributed by atoms with van der Waals surface area (Å²) in [5, 5.41) is 7.53. The van der Waals surface area contributed by atoms with E-state index in [9.17, 15) is 9.18 Å². The Labute approximate surface area is 121 Å².